The van der Waals surface area contributed by atoms with Gasteiger partial charge in [0.15, 0.2) is 0 Å². The van der Waals surface area contributed by atoms with Crippen LogP contribution in [0.1, 0.15) is 35.7 Å². The summed E-state index contributed by atoms with van der Waals surface area (Å²) in [6.07, 6.45) is 3.13. The summed E-state index contributed by atoms with van der Waals surface area (Å²) in [6, 6.07) is 7.96. The molecule has 1 heterocycles. The van der Waals surface area contributed by atoms with Gasteiger partial charge in [-0.2, -0.15) is 0 Å². The van der Waals surface area contributed by atoms with Crippen LogP contribution in [-0.4, -0.2) is 38.4 Å². The normalized spacial score (nSPS) is 23.4. The molecule has 6 heteroatoms. The Kier molecular flexibility index (Phi) is 4.94. The largest absolute Gasteiger partial charge is 0.393 e. The van der Waals surface area contributed by atoms with Gasteiger partial charge in [0.05, 0.1) is 12.5 Å². The Morgan fingerprint density at radius 1 is 1.42 bits per heavy atom. The Morgan fingerprint density at radius 3 is 2.96 bits per heavy atom. The van der Waals surface area contributed by atoms with Crippen LogP contribution < -0.4 is 5.32 Å². The monoisotopic (exact) mass is 328 g/mol. The van der Waals surface area contributed by atoms with Crippen LogP contribution in [0, 0.1) is 12.8 Å². The van der Waals surface area contributed by atoms with Crippen molar-refractivity contribution in [2.75, 3.05) is 6.54 Å². The van der Waals surface area contributed by atoms with Gasteiger partial charge in [0.25, 0.3) is 0 Å². The molecule has 2 aromatic rings. The van der Waals surface area contributed by atoms with E-state index >= 15 is 0 Å². The van der Waals surface area contributed by atoms with E-state index in [-0.39, 0.29) is 17.7 Å². The number of aromatic nitrogens is 3. The molecule has 0 bridgehead atoms. The molecule has 1 aliphatic carbocycles. The van der Waals surface area contributed by atoms with Crippen molar-refractivity contribution in [1.82, 2.24) is 20.1 Å². The molecule has 1 aliphatic rings. The number of hydrogen-bond donors (Lipinski definition) is 2. The van der Waals surface area contributed by atoms with E-state index < -0.39 is 6.10 Å². The van der Waals surface area contributed by atoms with Crippen LogP contribution in [0.25, 0.3) is 0 Å². The molecule has 1 saturated carbocycles. The van der Waals surface area contributed by atoms with Gasteiger partial charge in [-0.25, -0.2) is 0 Å². The number of aryl methyl sites for hydroxylation is 2. The molecule has 6 nitrogen and oxygen atoms in total. The Morgan fingerprint density at radius 2 is 2.25 bits per heavy atom. The number of nitrogens with one attached hydrogen (secondary N) is 1. The zero-order valence-electron chi connectivity index (χ0n) is 14.1. The van der Waals surface area contributed by atoms with Crippen molar-refractivity contribution in [3.05, 3.63) is 47.5 Å². The quantitative estimate of drug-likeness (QED) is 0.868. The topological polar surface area (TPSA) is 80.0 Å². The van der Waals surface area contributed by atoms with Crippen molar-refractivity contribution in [3.8, 4) is 0 Å². The Hall–Kier alpha value is -2.21. The summed E-state index contributed by atoms with van der Waals surface area (Å²) in [5.74, 6) is 1.16. The minimum Gasteiger partial charge on any atom is -0.393 e. The van der Waals surface area contributed by atoms with Crippen molar-refractivity contribution in [3.63, 3.8) is 0 Å². The number of aliphatic hydroxyl groups excluding tert-OH is 1. The first-order valence-corrected chi connectivity index (χ1v) is 8.37. The van der Waals surface area contributed by atoms with Crippen LogP contribution in [0.15, 0.2) is 30.6 Å². The highest BCUT2D eigenvalue weighted by Gasteiger charge is 2.35. The van der Waals surface area contributed by atoms with Crippen LogP contribution in [0.4, 0.5) is 0 Å². The summed E-state index contributed by atoms with van der Waals surface area (Å²) < 4.78 is 1.90. The van der Waals surface area contributed by atoms with E-state index in [2.05, 4.69) is 15.5 Å². The van der Waals surface area contributed by atoms with Crippen LogP contribution in [0.2, 0.25) is 0 Å². The third kappa shape index (κ3) is 3.82. The zero-order chi connectivity index (χ0) is 17.1. The lowest BCUT2D eigenvalue weighted by Gasteiger charge is -2.15. The van der Waals surface area contributed by atoms with Crippen LogP contribution >= 0.6 is 0 Å². The van der Waals surface area contributed by atoms with Crippen LogP contribution in [-0.2, 0) is 18.3 Å². The molecule has 0 saturated heterocycles. The highest BCUT2D eigenvalue weighted by atomic mass is 16.3. The van der Waals surface area contributed by atoms with E-state index in [9.17, 15) is 9.90 Å². The smallest absolute Gasteiger partial charge is 0.224 e. The van der Waals surface area contributed by atoms with Gasteiger partial charge < -0.3 is 15.0 Å². The molecule has 1 aromatic heterocycles. The average molecular weight is 328 g/mol. The fourth-order valence-corrected chi connectivity index (χ4v) is 3.51. The fourth-order valence-electron chi connectivity index (χ4n) is 3.51. The molecule has 24 heavy (non-hydrogen) atoms. The van der Waals surface area contributed by atoms with Gasteiger partial charge in [-0.3, -0.25) is 4.79 Å². The molecular weight excluding hydrogens is 304 g/mol. The van der Waals surface area contributed by atoms with Gasteiger partial charge in [-0.15, -0.1) is 10.2 Å². The number of hydrogen-bond acceptors (Lipinski definition) is 4. The van der Waals surface area contributed by atoms with Gasteiger partial charge in [0.1, 0.15) is 12.2 Å². The van der Waals surface area contributed by atoms with Gasteiger partial charge in [0.2, 0.25) is 5.91 Å². The summed E-state index contributed by atoms with van der Waals surface area (Å²) in [6.45, 7) is 2.52. The zero-order valence-corrected chi connectivity index (χ0v) is 14.1. The third-order valence-corrected chi connectivity index (χ3v) is 4.78. The van der Waals surface area contributed by atoms with Crippen molar-refractivity contribution in [2.45, 2.75) is 38.2 Å². The van der Waals surface area contributed by atoms with E-state index in [0.29, 0.717) is 19.4 Å². The average Bonchev–Trinajstić information content (AvgIpc) is 3.11. The van der Waals surface area contributed by atoms with E-state index in [0.717, 1.165) is 23.4 Å². The predicted octanol–water partition coefficient (Wildman–Crippen LogP) is 1.34. The van der Waals surface area contributed by atoms with Gasteiger partial charge >= 0.3 is 0 Å². The van der Waals surface area contributed by atoms with E-state index in [1.807, 2.05) is 42.8 Å². The third-order valence-electron chi connectivity index (χ3n) is 4.78. The second-order valence-corrected chi connectivity index (χ2v) is 6.77. The maximum Gasteiger partial charge on any atom is 0.224 e. The Balaban J connectivity index is 1.51. The molecule has 0 unspecified atom stereocenters. The molecule has 0 radical (unpaired) electrons. The van der Waals surface area contributed by atoms with Gasteiger partial charge in [0, 0.05) is 25.4 Å². The first kappa shape index (κ1) is 16.6. The van der Waals surface area contributed by atoms with Crippen LogP contribution in [0.3, 0.4) is 0 Å². The standard InChI is InChI=1S/C18H24N4O2/c1-12-4-3-5-13(6-12)7-17(24)19-10-15-8-14(9-16(15)23)18-21-20-11-22(18)2/h3-6,11,14-16,23H,7-10H2,1-2H3,(H,19,24)/t14-,15+,16+/m0/s1. The highest BCUT2D eigenvalue weighted by Crippen LogP contribution is 2.37. The second-order valence-electron chi connectivity index (χ2n) is 6.77. The number of carbonyl (C=O) groups excluding carboxylic acids is 1. The number of amides is 1. The minimum atomic E-state index is -0.411. The van der Waals surface area contributed by atoms with Crippen molar-refractivity contribution >= 4 is 5.91 Å². The summed E-state index contributed by atoms with van der Waals surface area (Å²) in [4.78, 5) is 12.1. The number of aliphatic hydroxyl groups is 1. The maximum atomic E-state index is 12.1. The second kappa shape index (κ2) is 7.13. The minimum absolute atomic E-state index is 0.00471. The lowest BCUT2D eigenvalue weighted by Crippen LogP contribution is -2.33. The molecule has 1 aromatic carbocycles. The fraction of sp³-hybridized carbons (Fsp3) is 0.500. The van der Waals surface area contributed by atoms with E-state index in [1.165, 1.54) is 0 Å². The van der Waals surface area contributed by atoms with Gasteiger partial charge in [-0.05, 0) is 25.3 Å². The maximum absolute atomic E-state index is 12.1. The lowest BCUT2D eigenvalue weighted by molar-refractivity contribution is -0.120. The molecule has 2 N–H and O–H groups in total. The molecule has 0 aliphatic heterocycles. The van der Waals surface area contributed by atoms with E-state index in [4.69, 9.17) is 0 Å². The summed E-state index contributed by atoms with van der Waals surface area (Å²) in [7, 11) is 1.92. The van der Waals surface area contributed by atoms with Gasteiger partial charge in [-0.1, -0.05) is 29.8 Å². The Labute approximate surface area is 141 Å². The molecule has 3 atom stereocenters. The van der Waals surface area contributed by atoms with Crippen molar-refractivity contribution in [2.24, 2.45) is 13.0 Å². The molecular formula is C18H24N4O2. The summed E-state index contributed by atoms with van der Waals surface area (Å²) in [5, 5.41) is 21.3. The number of benzene rings is 1. The van der Waals surface area contributed by atoms with Crippen LogP contribution in [0.5, 0.6) is 0 Å². The summed E-state index contributed by atoms with van der Waals surface area (Å²) in [5.41, 5.74) is 2.16. The molecule has 128 valence electrons. The lowest BCUT2D eigenvalue weighted by atomic mass is 10.0. The number of rotatable bonds is 5. The first-order valence-electron chi connectivity index (χ1n) is 8.37. The Bertz CT molecular complexity index is 713. The molecule has 1 amide bonds. The van der Waals surface area contributed by atoms with E-state index in [1.54, 1.807) is 6.33 Å². The first-order chi connectivity index (χ1) is 11.5. The van der Waals surface area contributed by atoms with Crippen molar-refractivity contribution in [1.29, 1.82) is 0 Å². The molecule has 3 rings (SSSR count). The summed E-state index contributed by atoms with van der Waals surface area (Å²) >= 11 is 0. The molecule has 1 fully saturated rings. The van der Waals surface area contributed by atoms with Crippen molar-refractivity contribution < 1.29 is 9.90 Å². The SMILES string of the molecule is Cc1cccc(CC(=O)NC[C@H]2C[C@H](c3nncn3C)C[C@H]2O)c1. The highest BCUT2D eigenvalue weighted by molar-refractivity contribution is 5.78. The number of carbonyl (C=O) groups is 1. The predicted molar refractivity (Wildman–Crippen MR) is 90.4 cm³/mol. The molecule has 0 spiro atoms. The number of nitrogens with zero attached hydrogens (tertiary/aromatic N) is 3.